The third-order valence-electron chi connectivity index (χ3n) is 3.54. The first-order valence-corrected chi connectivity index (χ1v) is 11.6. The number of carboxylic acid groups (broad SMARTS) is 1. The monoisotopic (exact) mass is 546 g/mol. The van der Waals surface area contributed by atoms with Crippen molar-refractivity contribution < 1.29 is 41.7 Å². The van der Waals surface area contributed by atoms with Gasteiger partial charge in [-0.1, -0.05) is 23.2 Å². The standard InChI is InChI=1S/C7H5ClN2O6S.C7H7ClN2O5S/c8-6-4(10(13)14)1-3(7(11)12)2-5(6)17(9,15)16;8-7-5(10(12)13)1-4(3-11)2-6(7)16(9,14)15/h1-2H,(H,11,12)(H2,9,15,16);1-2,11H,3H2,(H2,9,14,15). The van der Waals surface area contributed by atoms with E-state index < -0.39 is 79.2 Å². The number of rotatable bonds is 6. The molecule has 6 N–H and O–H groups in total. The lowest BCUT2D eigenvalue weighted by Gasteiger charge is -2.05. The van der Waals surface area contributed by atoms with Gasteiger partial charge >= 0.3 is 5.97 Å². The molecule has 15 nitrogen and oxygen atoms in total. The minimum atomic E-state index is -4.35. The van der Waals surface area contributed by atoms with Crippen molar-refractivity contribution in [2.75, 3.05) is 0 Å². The number of carbonyl (C=O) groups is 1. The summed E-state index contributed by atoms with van der Waals surface area (Å²) < 4.78 is 44.3. The minimum absolute atomic E-state index is 0.0418. The Morgan fingerprint density at radius 2 is 1.27 bits per heavy atom. The Hall–Kier alpha value is -2.93. The normalized spacial score (nSPS) is 11.3. The number of nitrogens with two attached hydrogens (primary N) is 2. The second-order valence-electron chi connectivity index (χ2n) is 5.80. The van der Waals surface area contributed by atoms with E-state index in [0.717, 1.165) is 12.1 Å². The van der Waals surface area contributed by atoms with Crippen LogP contribution in [0, 0.1) is 20.2 Å². The van der Waals surface area contributed by atoms with Crippen LogP contribution in [0.15, 0.2) is 34.1 Å². The molecule has 0 saturated carbocycles. The number of carboxylic acids is 1. The molecule has 0 aliphatic rings. The van der Waals surface area contributed by atoms with Crippen LogP contribution in [0.2, 0.25) is 10.0 Å². The van der Waals surface area contributed by atoms with Gasteiger partial charge in [0.05, 0.1) is 22.0 Å². The van der Waals surface area contributed by atoms with Crippen LogP contribution in [0.3, 0.4) is 0 Å². The number of benzene rings is 2. The average molecular weight is 547 g/mol. The van der Waals surface area contributed by atoms with Gasteiger partial charge in [-0.05, 0) is 17.7 Å². The minimum Gasteiger partial charge on any atom is -0.478 e. The van der Waals surface area contributed by atoms with E-state index in [1.165, 1.54) is 0 Å². The summed E-state index contributed by atoms with van der Waals surface area (Å²) in [6.45, 7) is -0.555. The molecule has 0 saturated heterocycles. The molecule has 19 heteroatoms. The fraction of sp³-hybridized carbons (Fsp3) is 0.0714. The highest BCUT2D eigenvalue weighted by Crippen LogP contribution is 2.33. The maximum absolute atomic E-state index is 11.1. The molecule has 180 valence electrons. The smallest absolute Gasteiger partial charge is 0.335 e. The van der Waals surface area contributed by atoms with Gasteiger partial charge in [-0.2, -0.15) is 0 Å². The first-order chi connectivity index (χ1) is 14.9. The fourth-order valence-corrected chi connectivity index (χ4v) is 4.43. The number of aromatic carboxylic acids is 1. The molecule has 2 aromatic rings. The molecule has 0 radical (unpaired) electrons. The zero-order valence-corrected chi connectivity index (χ0v) is 18.9. The number of primary sulfonamides is 2. The Labute approximate surface area is 194 Å². The zero-order valence-electron chi connectivity index (χ0n) is 15.7. The lowest BCUT2D eigenvalue weighted by atomic mass is 10.2. The van der Waals surface area contributed by atoms with Gasteiger partial charge in [-0.3, -0.25) is 20.2 Å². The molecule has 0 heterocycles. The molecule has 0 aromatic heterocycles. The van der Waals surface area contributed by atoms with Crippen molar-refractivity contribution in [3.05, 3.63) is 65.7 Å². The fourth-order valence-electron chi connectivity index (χ4n) is 2.12. The Morgan fingerprint density at radius 3 is 1.61 bits per heavy atom. The van der Waals surface area contributed by atoms with E-state index in [9.17, 15) is 41.9 Å². The van der Waals surface area contributed by atoms with Crippen LogP contribution in [0.4, 0.5) is 11.4 Å². The lowest BCUT2D eigenvalue weighted by molar-refractivity contribution is -0.385. The maximum Gasteiger partial charge on any atom is 0.335 e. The van der Waals surface area contributed by atoms with Crippen LogP contribution in [-0.4, -0.2) is 42.9 Å². The summed E-state index contributed by atoms with van der Waals surface area (Å²) in [7, 11) is -8.51. The molecule has 2 rings (SSSR count). The molecule has 2 aromatic carbocycles. The quantitative estimate of drug-likeness (QED) is 0.292. The van der Waals surface area contributed by atoms with Gasteiger partial charge in [0.15, 0.2) is 0 Å². The van der Waals surface area contributed by atoms with Crippen LogP contribution in [0.1, 0.15) is 15.9 Å². The van der Waals surface area contributed by atoms with E-state index in [1.54, 1.807) is 0 Å². The van der Waals surface area contributed by atoms with Crippen LogP contribution in [-0.2, 0) is 26.7 Å². The molecular weight excluding hydrogens is 535 g/mol. The molecule has 0 spiro atoms. The largest absolute Gasteiger partial charge is 0.478 e. The number of hydrogen-bond acceptors (Lipinski definition) is 10. The zero-order chi connectivity index (χ0) is 25.9. The van der Waals surface area contributed by atoms with Crippen molar-refractivity contribution in [1.82, 2.24) is 0 Å². The molecule has 0 fully saturated rings. The molecule has 0 aliphatic heterocycles. The summed E-state index contributed by atoms with van der Waals surface area (Å²) in [4.78, 5) is 28.6. The van der Waals surface area contributed by atoms with Gasteiger partial charge in [0, 0.05) is 12.1 Å². The van der Waals surface area contributed by atoms with Gasteiger partial charge < -0.3 is 10.2 Å². The number of halogens is 2. The van der Waals surface area contributed by atoms with E-state index in [0.29, 0.717) is 12.1 Å². The van der Waals surface area contributed by atoms with Gasteiger partial charge in [0.2, 0.25) is 20.0 Å². The average Bonchev–Trinajstić information content (AvgIpc) is 2.66. The summed E-state index contributed by atoms with van der Waals surface area (Å²) >= 11 is 11.0. The van der Waals surface area contributed by atoms with Crippen molar-refractivity contribution in [2.45, 2.75) is 16.4 Å². The van der Waals surface area contributed by atoms with Gasteiger partial charge in [0.1, 0.15) is 19.8 Å². The highest BCUT2D eigenvalue weighted by molar-refractivity contribution is 7.89. The SMILES string of the molecule is NS(=O)(=O)c1cc(C(=O)O)cc([N+](=O)[O-])c1Cl.NS(=O)(=O)c1cc(CO)cc([N+](=O)[O-])c1Cl. The number of hydrogen-bond donors (Lipinski definition) is 4. The Morgan fingerprint density at radius 1 is 0.879 bits per heavy atom. The van der Waals surface area contributed by atoms with Crippen LogP contribution in [0.5, 0.6) is 0 Å². The first kappa shape index (κ1) is 28.1. The number of aliphatic hydroxyl groups is 1. The number of aliphatic hydroxyl groups excluding tert-OH is 1. The highest BCUT2D eigenvalue weighted by Gasteiger charge is 2.26. The van der Waals surface area contributed by atoms with Crippen LogP contribution < -0.4 is 10.3 Å². The molecule has 33 heavy (non-hydrogen) atoms. The van der Waals surface area contributed by atoms with E-state index >= 15 is 0 Å². The van der Waals surface area contributed by atoms with Crippen molar-refractivity contribution in [1.29, 1.82) is 0 Å². The summed E-state index contributed by atoms with van der Waals surface area (Å²) in [6.07, 6.45) is 0. The second-order valence-corrected chi connectivity index (χ2v) is 9.62. The van der Waals surface area contributed by atoms with Crippen molar-refractivity contribution in [3.63, 3.8) is 0 Å². The van der Waals surface area contributed by atoms with Crippen molar-refractivity contribution in [3.8, 4) is 0 Å². The number of sulfonamides is 2. The highest BCUT2D eigenvalue weighted by atomic mass is 35.5. The topological polar surface area (TPSA) is 264 Å². The second kappa shape index (κ2) is 10.3. The number of nitro benzene ring substituents is 2. The molecule has 0 aliphatic carbocycles. The first-order valence-electron chi connectivity index (χ1n) is 7.76. The summed E-state index contributed by atoms with van der Waals surface area (Å²) in [5.74, 6) is -1.53. The number of nitrogens with zero attached hydrogens (tertiary/aromatic N) is 2. The van der Waals surface area contributed by atoms with Gasteiger partial charge in [-0.25, -0.2) is 31.9 Å². The van der Waals surface area contributed by atoms with Crippen molar-refractivity contribution in [2.24, 2.45) is 10.3 Å². The van der Waals surface area contributed by atoms with E-state index in [1.807, 2.05) is 0 Å². The van der Waals surface area contributed by atoms with Gasteiger partial charge in [-0.15, -0.1) is 0 Å². The Kier molecular flexibility index (Phi) is 8.80. The predicted octanol–water partition coefficient (Wildman–Crippen LogP) is 0.982. The predicted molar refractivity (Wildman–Crippen MR) is 112 cm³/mol. The summed E-state index contributed by atoms with van der Waals surface area (Å²) in [5, 5.41) is 47.0. The Bertz CT molecular complexity index is 1360. The van der Waals surface area contributed by atoms with Crippen molar-refractivity contribution >= 4 is 60.6 Å². The molecule has 0 amide bonds. The molecular formula is C14H12Cl2N4O11S2. The summed E-state index contributed by atoms with van der Waals surface area (Å²) in [6, 6.07) is 3.29. The van der Waals surface area contributed by atoms with E-state index in [-0.39, 0.29) is 5.56 Å². The summed E-state index contributed by atoms with van der Waals surface area (Å²) in [5.41, 5.74) is -2.00. The van der Waals surface area contributed by atoms with E-state index in [2.05, 4.69) is 0 Å². The lowest BCUT2D eigenvalue weighted by Crippen LogP contribution is -2.14. The molecule has 0 atom stereocenters. The third-order valence-corrected chi connectivity index (χ3v) is 6.42. The third kappa shape index (κ3) is 7.02. The van der Waals surface area contributed by atoms with Gasteiger partial charge in [0.25, 0.3) is 11.4 Å². The molecule has 0 bridgehead atoms. The van der Waals surface area contributed by atoms with Crippen LogP contribution in [0.25, 0.3) is 0 Å². The van der Waals surface area contributed by atoms with Crippen LogP contribution >= 0.6 is 23.2 Å². The maximum atomic E-state index is 11.1. The van der Waals surface area contributed by atoms with E-state index in [4.69, 9.17) is 43.7 Å². The Balaban J connectivity index is 0.000000331. The number of nitro groups is 2. The molecule has 0 unspecified atom stereocenters.